The maximum absolute atomic E-state index is 12.3. The monoisotopic (exact) mass is 281 g/mol. The Balaban J connectivity index is 3.09. The van der Waals surface area contributed by atoms with Crippen LogP contribution in [-0.4, -0.2) is 47.3 Å². The first kappa shape index (κ1) is 14.4. The number of halogens is 1. The number of nitrogens with zero attached hydrogens (tertiary/aromatic N) is 3. The molecule has 6 nitrogen and oxygen atoms in total. The third-order valence-corrected chi connectivity index (χ3v) is 4.83. The molecule has 0 saturated heterocycles. The molecule has 0 saturated carbocycles. The fraction of sp³-hybridized carbons (Fsp3) is 0.667. The number of aliphatic hydroxyl groups is 1. The first-order valence-electron chi connectivity index (χ1n) is 5.23. The summed E-state index contributed by atoms with van der Waals surface area (Å²) in [7, 11) is -2.12. The highest BCUT2D eigenvalue weighted by Crippen LogP contribution is 2.23. The summed E-state index contributed by atoms with van der Waals surface area (Å²) in [6.45, 7) is 2.27. The Morgan fingerprint density at radius 2 is 2.24 bits per heavy atom. The summed E-state index contributed by atoms with van der Waals surface area (Å²) < 4.78 is 27.0. The molecule has 0 aromatic carbocycles. The minimum atomic E-state index is -3.65. The molecule has 0 radical (unpaired) electrons. The van der Waals surface area contributed by atoms with E-state index in [0.29, 0.717) is 13.0 Å². The second-order valence-electron chi connectivity index (χ2n) is 3.50. The van der Waals surface area contributed by atoms with Gasteiger partial charge in [-0.15, -0.1) is 0 Å². The van der Waals surface area contributed by atoms with Gasteiger partial charge in [-0.05, 0) is 6.42 Å². The highest BCUT2D eigenvalue weighted by Gasteiger charge is 2.28. The molecule has 1 rings (SSSR count). The largest absolute Gasteiger partial charge is 0.396 e. The minimum absolute atomic E-state index is 0.0149. The molecule has 0 aliphatic heterocycles. The third kappa shape index (κ3) is 2.98. The van der Waals surface area contributed by atoms with E-state index in [2.05, 4.69) is 5.10 Å². The summed E-state index contributed by atoms with van der Waals surface area (Å²) in [6.07, 6.45) is 1.69. The average Bonchev–Trinajstić information content (AvgIpc) is 2.59. The van der Waals surface area contributed by atoms with E-state index in [1.54, 1.807) is 6.92 Å². The molecule has 1 heterocycles. The highest BCUT2D eigenvalue weighted by molar-refractivity contribution is 7.89. The molecule has 0 spiro atoms. The summed E-state index contributed by atoms with van der Waals surface area (Å²) in [4.78, 5) is 0. The van der Waals surface area contributed by atoms with Crippen LogP contribution in [0.1, 0.15) is 13.3 Å². The van der Waals surface area contributed by atoms with Crippen LogP contribution in [0.25, 0.3) is 0 Å². The Kier molecular flexibility index (Phi) is 4.93. The van der Waals surface area contributed by atoms with E-state index in [0.717, 1.165) is 0 Å². The molecule has 0 atom stereocenters. The number of aliphatic hydroxyl groups excluding tert-OH is 1. The van der Waals surface area contributed by atoms with Crippen LogP contribution in [0, 0.1) is 0 Å². The van der Waals surface area contributed by atoms with Crippen LogP contribution in [0.15, 0.2) is 11.2 Å². The normalized spacial score (nSPS) is 12.3. The molecule has 0 amide bonds. The lowest BCUT2D eigenvalue weighted by Gasteiger charge is -2.20. The molecule has 17 heavy (non-hydrogen) atoms. The Labute approximate surface area is 106 Å². The van der Waals surface area contributed by atoms with Gasteiger partial charge in [-0.3, -0.25) is 4.68 Å². The maximum Gasteiger partial charge on any atom is 0.261 e. The van der Waals surface area contributed by atoms with E-state index >= 15 is 0 Å². The van der Waals surface area contributed by atoms with Crippen molar-refractivity contribution in [2.75, 3.05) is 19.7 Å². The molecule has 0 bridgehead atoms. The number of aromatic nitrogens is 2. The first-order chi connectivity index (χ1) is 7.95. The van der Waals surface area contributed by atoms with Gasteiger partial charge in [0.2, 0.25) is 0 Å². The standard InChI is InChI=1S/C9H16ClN3O3S/c1-3-13(5-4-6-14)17(15,16)9-8(10)7-11-12(9)2/h7,14H,3-6H2,1-2H3. The van der Waals surface area contributed by atoms with Gasteiger partial charge in [-0.25, -0.2) is 8.42 Å². The van der Waals surface area contributed by atoms with Gasteiger partial charge in [0.05, 0.1) is 11.2 Å². The van der Waals surface area contributed by atoms with Gasteiger partial charge >= 0.3 is 0 Å². The number of aryl methyl sites for hydroxylation is 1. The van der Waals surface area contributed by atoms with Crippen LogP contribution < -0.4 is 0 Å². The summed E-state index contributed by atoms with van der Waals surface area (Å²) in [5.41, 5.74) is 0. The zero-order chi connectivity index (χ0) is 13.1. The predicted molar refractivity (Wildman–Crippen MR) is 64.4 cm³/mol. The van der Waals surface area contributed by atoms with Gasteiger partial charge in [-0.2, -0.15) is 9.40 Å². The molecular weight excluding hydrogens is 266 g/mol. The highest BCUT2D eigenvalue weighted by atomic mass is 35.5. The zero-order valence-corrected chi connectivity index (χ0v) is 11.4. The van der Waals surface area contributed by atoms with Crippen molar-refractivity contribution in [2.24, 2.45) is 7.05 Å². The molecule has 0 fully saturated rings. The fourth-order valence-electron chi connectivity index (χ4n) is 1.51. The fourth-order valence-corrected chi connectivity index (χ4v) is 3.60. The number of hydrogen-bond acceptors (Lipinski definition) is 4. The van der Waals surface area contributed by atoms with E-state index < -0.39 is 10.0 Å². The Morgan fingerprint density at radius 1 is 1.59 bits per heavy atom. The van der Waals surface area contributed by atoms with Crippen LogP contribution in [0.5, 0.6) is 0 Å². The number of rotatable bonds is 6. The van der Waals surface area contributed by atoms with Crippen molar-refractivity contribution in [3.05, 3.63) is 11.2 Å². The van der Waals surface area contributed by atoms with E-state index in [1.807, 2.05) is 0 Å². The SMILES string of the molecule is CCN(CCCO)S(=O)(=O)c1c(Cl)cnn1C. The molecule has 0 aliphatic carbocycles. The van der Waals surface area contributed by atoms with Gasteiger partial charge in [0.1, 0.15) is 0 Å². The van der Waals surface area contributed by atoms with E-state index in [9.17, 15) is 8.42 Å². The summed E-state index contributed by atoms with van der Waals surface area (Å²) in [5.74, 6) is 0. The molecule has 1 N–H and O–H groups in total. The Bertz CT molecular complexity index is 452. The molecule has 0 aliphatic rings. The van der Waals surface area contributed by atoms with Gasteiger partial charge in [0.15, 0.2) is 5.03 Å². The second kappa shape index (κ2) is 5.81. The summed E-state index contributed by atoms with van der Waals surface area (Å²) in [5, 5.41) is 12.7. The minimum Gasteiger partial charge on any atom is -0.396 e. The van der Waals surface area contributed by atoms with Crippen molar-refractivity contribution < 1.29 is 13.5 Å². The van der Waals surface area contributed by atoms with Crippen molar-refractivity contribution in [3.63, 3.8) is 0 Å². The van der Waals surface area contributed by atoms with Crippen LogP contribution >= 0.6 is 11.6 Å². The van der Waals surface area contributed by atoms with E-state index in [4.69, 9.17) is 16.7 Å². The van der Waals surface area contributed by atoms with Gasteiger partial charge in [0.25, 0.3) is 10.0 Å². The van der Waals surface area contributed by atoms with Crippen LogP contribution in [0.4, 0.5) is 0 Å². The van der Waals surface area contributed by atoms with E-state index in [-0.39, 0.29) is 23.2 Å². The lowest BCUT2D eigenvalue weighted by atomic mass is 10.4. The zero-order valence-electron chi connectivity index (χ0n) is 9.80. The third-order valence-electron chi connectivity index (χ3n) is 2.35. The lowest BCUT2D eigenvalue weighted by Crippen LogP contribution is -2.33. The molecule has 1 aromatic heterocycles. The molecule has 8 heteroatoms. The van der Waals surface area contributed by atoms with Crippen LogP contribution in [0.3, 0.4) is 0 Å². The van der Waals surface area contributed by atoms with Crippen molar-refractivity contribution in [1.82, 2.24) is 14.1 Å². The van der Waals surface area contributed by atoms with Crippen molar-refractivity contribution in [3.8, 4) is 0 Å². The van der Waals surface area contributed by atoms with E-state index in [1.165, 1.54) is 22.2 Å². The summed E-state index contributed by atoms with van der Waals surface area (Å²) in [6, 6.07) is 0. The molecule has 98 valence electrons. The lowest BCUT2D eigenvalue weighted by molar-refractivity contribution is 0.270. The van der Waals surface area contributed by atoms with Gasteiger partial charge < -0.3 is 5.11 Å². The average molecular weight is 282 g/mol. The first-order valence-corrected chi connectivity index (χ1v) is 7.05. The molecule has 1 aromatic rings. The van der Waals surface area contributed by atoms with Crippen molar-refractivity contribution >= 4 is 21.6 Å². The van der Waals surface area contributed by atoms with Gasteiger partial charge in [-0.1, -0.05) is 18.5 Å². The van der Waals surface area contributed by atoms with Crippen molar-refractivity contribution in [2.45, 2.75) is 18.4 Å². The smallest absolute Gasteiger partial charge is 0.261 e. The summed E-state index contributed by atoms with van der Waals surface area (Å²) >= 11 is 5.83. The molecule has 0 unspecified atom stereocenters. The van der Waals surface area contributed by atoms with Crippen LogP contribution in [0.2, 0.25) is 5.02 Å². The van der Waals surface area contributed by atoms with Gasteiger partial charge in [0, 0.05) is 26.7 Å². The van der Waals surface area contributed by atoms with Crippen molar-refractivity contribution in [1.29, 1.82) is 0 Å². The maximum atomic E-state index is 12.3. The second-order valence-corrected chi connectivity index (χ2v) is 5.76. The van der Waals surface area contributed by atoms with Crippen LogP contribution in [-0.2, 0) is 17.1 Å². The topological polar surface area (TPSA) is 75.4 Å². The number of hydrogen-bond donors (Lipinski definition) is 1. The molecular formula is C9H16ClN3O3S. The Morgan fingerprint density at radius 3 is 2.65 bits per heavy atom. The predicted octanol–water partition coefficient (Wildman–Crippen LogP) is 0.466. The number of sulfonamides is 1. The Hall–Kier alpha value is -0.630. The quantitative estimate of drug-likeness (QED) is 0.822.